The lowest BCUT2D eigenvalue weighted by molar-refractivity contribution is 0.438. The quantitative estimate of drug-likeness (QED) is 0.471. The molecule has 2 aliphatic carbocycles. The molecule has 6 rings (SSSR count). The minimum atomic E-state index is 0.496. The number of thiophene rings is 1. The summed E-state index contributed by atoms with van der Waals surface area (Å²) in [6, 6.07) is 9.01. The van der Waals surface area contributed by atoms with Crippen molar-refractivity contribution in [3.05, 3.63) is 36.0 Å². The number of aromatic nitrogens is 4. The Morgan fingerprint density at radius 3 is 3.00 bits per heavy atom. The average Bonchev–Trinajstić information content (AvgIpc) is 3.45. The molecule has 136 valence electrons. The highest BCUT2D eigenvalue weighted by molar-refractivity contribution is 7.17. The van der Waals surface area contributed by atoms with Crippen molar-refractivity contribution in [2.24, 2.45) is 11.8 Å². The van der Waals surface area contributed by atoms with Crippen molar-refractivity contribution >= 4 is 50.0 Å². The first kappa shape index (κ1) is 15.4. The molecule has 0 spiro atoms. The normalized spacial score (nSPS) is 24.1. The maximum absolute atomic E-state index is 4.78. The Bertz CT molecular complexity index is 1130. The second-order valence-corrected chi connectivity index (χ2v) is 8.67. The lowest BCUT2D eigenvalue weighted by Crippen LogP contribution is -2.27. The summed E-state index contributed by atoms with van der Waals surface area (Å²) < 4.78 is 1.26. The van der Waals surface area contributed by atoms with E-state index in [2.05, 4.69) is 55.2 Å². The van der Waals surface area contributed by atoms with Gasteiger partial charge in [-0.05, 0) is 60.1 Å². The molecule has 3 unspecified atom stereocenters. The van der Waals surface area contributed by atoms with Crippen LogP contribution in [0.1, 0.15) is 25.7 Å². The van der Waals surface area contributed by atoms with Crippen LogP contribution in [-0.2, 0) is 0 Å². The molecule has 2 fully saturated rings. The van der Waals surface area contributed by atoms with E-state index < -0.39 is 0 Å². The molecule has 0 radical (unpaired) electrons. The van der Waals surface area contributed by atoms with Gasteiger partial charge in [-0.15, -0.1) is 11.3 Å². The number of H-pyrrole nitrogens is 1. The minimum Gasteiger partial charge on any atom is -0.351 e. The molecule has 2 aliphatic rings. The number of aromatic amines is 1. The van der Waals surface area contributed by atoms with Crippen molar-refractivity contribution in [2.75, 3.05) is 10.6 Å². The zero-order valence-corrected chi connectivity index (χ0v) is 15.6. The Balaban J connectivity index is 1.34. The molecule has 3 N–H and O–H groups in total. The highest BCUT2D eigenvalue weighted by atomic mass is 32.1. The van der Waals surface area contributed by atoms with Crippen molar-refractivity contribution < 1.29 is 0 Å². The second-order valence-electron chi connectivity index (χ2n) is 7.72. The van der Waals surface area contributed by atoms with E-state index in [9.17, 15) is 0 Å². The zero-order chi connectivity index (χ0) is 17.8. The summed E-state index contributed by atoms with van der Waals surface area (Å²) in [4.78, 5) is 16.9. The summed E-state index contributed by atoms with van der Waals surface area (Å²) in [5, 5.41) is 10.4. The number of fused-ring (bicyclic) bond motifs is 4. The number of nitrogens with zero attached hydrogens (tertiary/aromatic N) is 3. The van der Waals surface area contributed by atoms with Gasteiger partial charge in [0.25, 0.3) is 0 Å². The van der Waals surface area contributed by atoms with E-state index in [0.717, 1.165) is 28.9 Å². The fourth-order valence-electron chi connectivity index (χ4n) is 4.74. The summed E-state index contributed by atoms with van der Waals surface area (Å²) in [6.07, 6.45) is 6.99. The number of imidazole rings is 1. The Morgan fingerprint density at radius 2 is 2.11 bits per heavy atom. The molecule has 6 nitrogen and oxygen atoms in total. The second kappa shape index (κ2) is 5.92. The number of anilines is 3. The number of hydrogen-bond donors (Lipinski definition) is 3. The standard InChI is InChI=1S/C20H20N6S/c1-2-13-7-11(1)8-15(13)24-20-25-18-17(21-10-22-18)19(26-20)23-14-4-3-12-5-6-27-16(12)9-14/h3-6,9-11,13,15H,1-2,7-8H2,(H3,21,22,23,24,25,26). The van der Waals surface area contributed by atoms with Gasteiger partial charge in [-0.3, -0.25) is 0 Å². The van der Waals surface area contributed by atoms with E-state index in [1.807, 2.05) is 0 Å². The van der Waals surface area contributed by atoms with Crippen LogP contribution in [-0.4, -0.2) is 26.0 Å². The molecule has 7 heteroatoms. The minimum absolute atomic E-state index is 0.496. The van der Waals surface area contributed by atoms with Gasteiger partial charge in [0, 0.05) is 16.4 Å². The number of hydrogen-bond acceptors (Lipinski definition) is 6. The first-order chi connectivity index (χ1) is 13.3. The topological polar surface area (TPSA) is 78.5 Å². The SMILES string of the molecule is c1nc2nc(NC3CC4CCC3C4)nc(Nc3ccc4ccsc4c3)c2[nH]1. The van der Waals surface area contributed by atoms with Crippen LogP contribution >= 0.6 is 11.3 Å². The third-order valence-corrected chi connectivity index (χ3v) is 6.94. The molecule has 1 aromatic carbocycles. The first-order valence-corrected chi connectivity index (χ1v) is 10.4. The Hall–Kier alpha value is -2.67. The molecule has 0 aliphatic heterocycles. The molecule has 0 saturated heterocycles. The van der Waals surface area contributed by atoms with E-state index in [-0.39, 0.29) is 0 Å². The predicted octanol–water partition coefficient (Wildman–Crippen LogP) is 4.91. The Labute approximate surface area is 160 Å². The van der Waals surface area contributed by atoms with Crippen LogP contribution in [0.2, 0.25) is 0 Å². The fourth-order valence-corrected chi connectivity index (χ4v) is 5.57. The smallest absolute Gasteiger partial charge is 0.227 e. The zero-order valence-electron chi connectivity index (χ0n) is 14.8. The Kier molecular flexibility index (Phi) is 3.38. The molecule has 3 atom stereocenters. The van der Waals surface area contributed by atoms with Gasteiger partial charge < -0.3 is 15.6 Å². The van der Waals surface area contributed by atoms with Crippen molar-refractivity contribution in [3.8, 4) is 0 Å². The number of rotatable bonds is 4. The number of benzene rings is 1. The summed E-state index contributed by atoms with van der Waals surface area (Å²) in [5.74, 6) is 3.09. The van der Waals surface area contributed by atoms with Crippen LogP contribution in [0.5, 0.6) is 0 Å². The van der Waals surface area contributed by atoms with E-state index >= 15 is 0 Å². The molecule has 2 bridgehead atoms. The summed E-state index contributed by atoms with van der Waals surface area (Å²) in [6.45, 7) is 0. The van der Waals surface area contributed by atoms with E-state index in [1.54, 1.807) is 17.7 Å². The van der Waals surface area contributed by atoms with Gasteiger partial charge in [0.1, 0.15) is 5.52 Å². The van der Waals surface area contributed by atoms with Crippen molar-refractivity contribution in [1.82, 2.24) is 19.9 Å². The molecular weight excluding hydrogens is 356 g/mol. The first-order valence-electron chi connectivity index (χ1n) is 9.54. The maximum Gasteiger partial charge on any atom is 0.227 e. The van der Waals surface area contributed by atoms with Gasteiger partial charge in [-0.1, -0.05) is 12.5 Å². The maximum atomic E-state index is 4.78. The van der Waals surface area contributed by atoms with Crippen LogP contribution in [0.15, 0.2) is 36.0 Å². The van der Waals surface area contributed by atoms with Crippen LogP contribution in [0, 0.1) is 11.8 Å². The monoisotopic (exact) mass is 376 g/mol. The molecule has 27 heavy (non-hydrogen) atoms. The molecule has 4 aromatic rings. The average molecular weight is 376 g/mol. The van der Waals surface area contributed by atoms with Crippen LogP contribution in [0.25, 0.3) is 21.3 Å². The molecule has 2 saturated carbocycles. The Morgan fingerprint density at radius 1 is 1.11 bits per heavy atom. The highest BCUT2D eigenvalue weighted by Gasteiger charge is 2.39. The molecular formula is C20H20N6S. The van der Waals surface area contributed by atoms with E-state index in [0.29, 0.717) is 17.6 Å². The predicted molar refractivity (Wildman–Crippen MR) is 110 cm³/mol. The van der Waals surface area contributed by atoms with Gasteiger partial charge in [0.05, 0.1) is 6.33 Å². The van der Waals surface area contributed by atoms with Crippen LogP contribution in [0.3, 0.4) is 0 Å². The fraction of sp³-hybridized carbons (Fsp3) is 0.350. The van der Waals surface area contributed by atoms with Crippen molar-refractivity contribution in [2.45, 2.75) is 31.7 Å². The van der Waals surface area contributed by atoms with Crippen molar-refractivity contribution in [1.29, 1.82) is 0 Å². The van der Waals surface area contributed by atoms with Crippen molar-refractivity contribution in [3.63, 3.8) is 0 Å². The van der Waals surface area contributed by atoms with Gasteiger partial charge in [-0.25, -0.2) is 4.98 Å². The third kappa shape index (κ3) is 2.65. The lowest BCUT2D eigenvalue weighted by Gasteiger charge is -2.23. The van der Waals surface area contributed by atoms with E-state index in [4.69, 9.17) is 4.98 Å². The highest BCUT2D eigenvalue weighted by Crippen LogP contribution is 2.45. The van der Waals surface area contributed by atoms with Crippen LogP contribution < -0.4 is 10.6 Å². The third-order valence-electron chi connectivity index (χ3n) is 6.06. The van der Waals surface area contributed by atoms with E-state index in [1.165, 1.54) is 35.8 Å². The molecule has 3 aromatic heterocycles. The molecule has 3 heterocycles. The number of nitrogens with one attached hydrogen (secondary N) is 3. The summed E-state index contributed by atoms with van der Waals surface area (Å²) >= 11 is 1.74. The van der Waals surface area contributed by atoms with Gasteiger partial charge in [0.2, 0.25) is 5.95 Å². The van der Waals surface area contributed by atoms with Crippen LogP contribution in [0.4, 0.5) is 17.5 Å². The largest absolute Gasteiger partial charge is 0.351 e. The summed E-state index contributed by atoms with van der Waals surface area (Å²) in [7, 11) is 0. The van der Waals surface area contributed by atoms with Gasteiger partial charge >= 0.3 is 0 Å². The van der Waals surface area contributed by atoms with Gasteiger partial charge in [0.15, 0.2) is 11.5 Å². The molecule has 0 amide bonds. The summed E-state index contributed by atoms with van der Waals surface area (Å²) in [5.41, 5.74) is 2.54. The van der Waals surface area contributed by atoms with Gasteiger partial charge in [-0.2, -0.15) is 9.97 Å². The lowest BCUT2D eigenvalue weighted by atomic mass is 9.95.